The Balaban J connectivity index is 1.72. The van der Waals surface area contributed by atoms with Crippen molar-refractivity contribution < 1.29 is 10.2 Å². The number of aromatic amines is 1. The van der Waals surface area contributed by atoms with Gasteiger partial charge in [0.25, 0.3) is 0 Å². The molecule has 0 spiro atoms. The first-order chi connectivity index (χ1) is 9.76. The number of aromatic nitrogens is 3. The summed E-state index contributed by atoms with van der Waals surface area (Å²) in [6, 6.07) is 2.07. The van der Waals surface area contributed by atoms with E-state index in [2.05, 4.69) is 32.0 Å². The molecule has 1 unspecified atom stereocenters. The van der Waals surface area contributed by atoms with E-state index >= 15 is 0 Å². The molecule has 6 nitrogen and oxygen atoms in total. The van der Waals surface area contributed by atoms with Gasteiger partial charge in [-0.05, 0) is 18.1 Å². The van der Waals surface area contributed by atoms with Crippen LogP contribution in [0.3, 0.4) is 0 Å². The normalized spacial score (nSPS) is 18.2. The number of fused-ring (bicyclic) bond motifs is 1. The maximum Gasteiger partial charge on any atom is 0.141 e. The first-order valence-electron chi connectivity index (χ1n) is 6.75. The lowest BCUT2D eigenvalue weighted by Crippen LogP contribution is -2.37. The molecule has 1 aliphatic heterocycles. The highest BCUT2D eigenvalue weighted by molar-refractivity contribution is 5.81. The summed E-state index contributed by atoms with van der Waals surface area (Å²) in [6.07, 6.45) is 5.75. The number of aliphatic hydroxyl groups is 2. The lowest BCUT2D eigenvalue weighted by molar-refractivity contribution is 0.0623. The van der Waals surface area contributed by atoms with Crippen LogP contribution < -0.4 is 0 Å². The number of H-pyrrole nitrogens is 1. The molecule has 2 aromatic heterocycles. The molecule has 1 aliphatic rings. The molecule has 0 bridgehead atoms. The summed E-state index contributed by atoms with van der Waals surface area (Å²) in [5.41, 5.74) is 3.20. The van der Waals surface area contributed by atoms with Crippen molar-refractivity contribution in [2.75, 3.05) is 26.2 Å². The number of nitrogens with zero attached hydrogens (tertiary/aromatic N) is 3. The zero-order valence-electron chi connectivity index (χ0n) is 11.2. The Bertz CT molecular complexity index is 589. The first kappa shape index (κ1) is 13.2. The van der Waals surface area contributed by atoms with Gasteiger partial charge in [-0.1, -0.05) is 6.08 Å². The second-order valence-corrected chi connectivity index (χ2v) is 5.09. The van der Waals surface area contributed by atoms with E-state index in [9.17, 15) is 5.11 Å². The molecule has 0 saturated heterocycles. The van der Waals surface area contributed by atoms with Gasteiger partial charge in [0.15, 0.2) is 0 Å². The number of hydrogen-bond donors (Lipinski definition) is 3. The molecule has 0 amide bonds. The fourth-order valence-corrected chi connectivity index (χ4v) is 2.52. The quantitative estimate of drug-likeness (QED) is 0.751. The first-order valence-corrected chi connectivity index (χ1v) is 6.75. The summed E-state index contributed by atoms with van der Waals surface area (Å²) in [7, 11) is 0. The Morgan fingerprint density at radius 1 is 1.45 bits per heavy atom. The summed E-state index contributed by atoms with van der Waals surface area (Å²) in [4.78, 5) is 13.6. The number of nitrogens with one attached hydrogen (secondary N) is 1. The van der Waals surface area contributed by atoms with Crippen LogP contribution >= 0.6 is 0 Å². The Kier molecular flexibility index (Phi) is 3.77. The number of hydrogen-bond acceptors (Lipinski definition) is 5. The van der Waals surface area contributed by atoms with E-state index in [-0.39, 0.29) is 6.61 Å². The van der Waals surface area contributed by atoms with Crippen molar-refractivity contribution in [1.82, 2.24) is 19.9 Å². The molecule has 0 saturated carbocycles. The third-order valence-corrected chi connectivity index (χ3v) is 3.61. The van der Waals surface area contributed by atoms with Gasteiger partial charge in [-0.15, -0.1) is 0 Å². The van der Waals surface area contributed by atoms with E-state index < -0.39 is 6.10 Å². The van der Waals surface area contributed by atoms with Crippen molar-refractivity contribution in [2.45, 2.75) is 12.5 Å². The Morgan fingerprint density at radius 2 is 2.35 bits per heavy atom. The number of aliphatic hydroxyl groups excluding tert-OH is 2. The van der Waals surface area contributed by atoms with Crippen molar-refractivity contribution >= 4 is 16.6 Å². The highest BCUT2D eigenvalue weighted by atomic mass is 16.3. The molecule has 2 aromatic rings. The van der Waals surface area contributed by atoms with Gasteiger partial charge in [0.2, 0.25) is 0 Å². The molecule has 0 radical (unpaired) electrons. The minimum Gasteiger partial charge on any atom is -0.394 e. The summed E-state index contributed by atoms with van der Waals surface area (Å²) >= 11 is 0. The molecule has 0 fully saturated rings. The zero-order valence-corrected chi connectivity index (χ0v) is 11.2. The molecular weight excluding hydrogens is 256 g/mol. The second kappa shape index (κ2) is 5.70. The van der Waals surface area contributed by atoms with E-state index in [1.54, 1.807) is 6.20 Å². The maximum atomic E-state index is 9.45. The molecule has 3 heterocycles. The van der Waals surface area contributed by atoms with Gasteiger partial charge in [0.05, 0.1) is 12.7 Å². The monoisotopic (exact) mass is 274 g/mol. The third-order valence-electron chi connectivity index (χ3n) is 3.61. The van der Waals surface area contributed by atoms with Crippen molar-refractivity contribution in [2.24, 2.45) is 0 Å². The van der Waals surface area contributed by atoms with Gasteiger partial charge in [0, 0.05) is 36.9 Å². The van der Waals surface area contributed by atoms with E-state index in [0.29, 0.717) is 6.54 Å². The molecule has 3 N–H and O–H groups in total. The fourth-order valence-electron chi connectivity index (χ4n) is 2.52. The Hall–Kier alpha value is -1.76. The van der Waals surface area contributed by atoms with Crippen LogP contribution in [0.5, 0.6) is 0 Å². The van der Waals surface area contributed by atoms with E-state index in [1.165, 1.54) is 11.9 Å². The smallest absolute Gasteiger partial charge is 0.141 e. The van der Waals surface area contributed by atoms with Crippen LogP contribution in [0.25, 0.3) is 16.6 Å². The van der Waals surface area contributed by atoms with Gasteiger partial charge in [-0.3, -0.25) is 4.90 Å². The van der Waals surface area contributed by atoms with Crippen LogP contribution in [0, 0.1) is 0 Å². The molecule has 1 atom stereocenters. The SMILES string of the molecule is OCC(O)CN1CC=C(c2cc3cncnc3[nH]2)CC1. The van der Waals surface area contributed by atoms with Crippen molar-refractivity contribution in [1.29, 1.82) is 0 Å². The van der Waals surface area contributed by atoms with Gasteiger partial charge in [-0.2, -0.15) is 0 Å². The van der Waals surface area contributed by atoms with Gasteiger partial charge < -0.3 is 15.2 Å². The average molecular weight is 274 g/mol. The van der Waals surface area contributed by atoms with Crippen LogP contribution in [0.2, 0.25) is 0 Å². The molecule has 6 heteroatoms. The zero-order chi connectivity index (χ0) is 13.9. The summed E-state index contributed by atoms with van der Waals surface area (Å²) in [5, 5.41) is 19.3. The summed E-state index contributed by atoms with van der Waals surface area (Å²) in [6.45, 7) is 1.99. The van der Waals surface area contributed by atoms with Crippen LogP contribution in [-0.2, 0) is 0 Å². The van der Waals surface area contributed by atoms with E-state index in [1.807, 2.05) is 0 Å². The second-order valence-electron chi connectivity index (χ2n) is 5.09. The molecule has 0 aromatic carbocycles. The predicted octanol–water partition coefficient (Wildman–Crippen LogP) is 0.400. The fraction of sp³-hybridized carbons (Fsp3) is 0.429. The topological polar surface area (TPSA) is 85.3 Å². The summed E-state index contributed by atoms with van der Waals surface area (Å²) < 4.78 is 0. The Morgan fingerprint density at radius 3 is 3.05 bits per heavy atom. The molecule has 3 rings (SSSR count). The van der Waals surface area contributed by atoms with Crippen molar-refractivity contribution in [3.63, 3.8) is 0 Å². The van der Waals surface area contributed by atoms with Gasteiger partial charge in [0.1, 0.15) is 12.0 Å². The van der Waals surface area contributed by atoms with E-state index in [0.717, 1.165) is 36.2 Å². The predicted molar refractivity (Wildman–Crippen MR) is 76.0 cm³/mol. The van der Waals surface area contributed by atoms with Crippen molar-refractivity contribution in [3.05, 3.63) is 30.4 Å². The minimum absolute atomic E-state index is 0.187. The third kappa shape index (κ3) is 2.72. The van der Waals surface area contributed by atoms with Crippen LogP contribution in [0.15, 0.2) is 24.7 Å². The largest absolute Gasteiger partial charge is 0.394 e. The minimum atomic E-state index is -0.659. The van der Waals surface area contributed by atoms with Crippen molar-refractivity contribution in [3.8, 4) is 0 Å². The van der Waals surface area contributed by atoms with Gasteiger partial charge >= 0.3 is 0 Å². The number of rotatable bonds is 4. The summed E-state index contributed by atoms with van der Waals surface area (Å²) in [5.74, 6) is 0. The van der Waals surface area contributed by atoms with E-state index in [4.69, 9.17) is 5.11 Å². The standard InChI is InChI=1S/C14H18N4O2/c19-8-12(20)7-18-3-1-10(2-4-18)13-5-11-6-15-9-16-14(11)17-13/h1,5-6,9,12,19-20H,2-4,7-8H2,(H,15,16,17). The van der Waals surface area contributed by atoms with Crippen LogP contribution in [-0.4, -0.2) is 62.4 Å². The lowest BCUT2D eigenvalue weighted by atomic mass is 10.0. The molecule has 0 aliphatic carbocycles. The lowest BCUT2D eigenvalue weighted by Gasteiger charge is -2.27. The Labute approximate surface area is 116 Å². The van der Waals surface area contributed by atoms with Crippen LogP contribution in [0.4, 0.5) is 0 Å². The molecule has 20 heavy (non-hydrogen) atoms. The van der Waals surface area contributed by atoms with Gasteiger partial charge in [-0.25, -0.2) is 9.97 Å². The van der Waals surface area contributed by atoms with Crippen LogP contribution in [0.1, 0.15) is 12.1 Å². The molecular formula is C14H18N4O2. The highest BCUT2D eigenvalue weighted by Crippen LogP contribution is 2.24. The highest BCUT2D eigenvalue weighted by Gasteiger charge is 2.16. The molecule has 106 valence electrons. The maximum absolute atomic E-state index is 9.45. The average Bonchev–Trinajstić information content (AvgIpc) is 2.91. The number of β-amino-alcohol motifs (C(OH)–C–C–N with tert-alkyl or cyclic N) is 1.